The van der Waals surface area contributed by atoms with Gasteiger partial charge in [0.2, 0.25) is 6.33 Å². The quantitative estimate of drug-likeness (QED) is 0.535. The van der Waals surface area contributed by atoms with Crippen LogP contribution in [0.25, 0.3) is 0 Å². The largest absolute Gasteiger partial charge is 0.243 e. The molecule has 2 aromatic rings. The summed E-state index contributed by atoms with van der Waals surface area (Å²) in [5.41, 5.74) is 1.44. The molecule has 0 saturated carbocycles. The van der Waals surface area contributed by atoms with Gasteiger partial charge in [-0.15, -0.1) is 0 Å². The summed E-state index contributed by atoms with van der Waals surface area (Å²) in [6.07, 6.45) is 10.0. The third-order valence-electron chi connectivity index (χ3n) is 2.80. The van der Waals surface area contributed by atoms with Crippen molar-refractivity contribution in [1.29, 1.82) is 0 Å². The summed E-state index contributed by atoms with van der Waals surface area (Å²) in [5.74, 6) is 0. The summed E-state index contributed by atoms with van der Waals surface area (Å²) in [4.78, 5) is 0. The highest BCUT2D eigenvalue weighted by Crippen LogP contribution is 2.05. The lowest BCUT2D eigenvalue weighted by Crippen LogP contribution is -2.23. The summed E-state index contributed by atoms with van der Waals surface area (Å²) < 4.78 is 4.32. The first-order chi connectivity index (χ1) is 7.84. The van der Waals surface area contributed by atoms with Crippen LogP contribution >= 0.6 is 0 Å². The minimum Gasteiger partial charge on any atom is -0.240 e. The molecule has 2 heteroatoms. The van der Waals surface area contributed by atoms with Crippen LogP contribution in [0.3, 0.4) is 0 Å². The molecule has 0 aliphatic heterocycles. The topological polar surface area (TPSA) is 8.81 Å². The van der Waals surface area contributed by atoms with Gasteiger partial charge in [-0.25, -0.2) is 9.13 Å². The fourth-order valence-corrected chi connectivity index (χ4v) is 1.90. The molecule has 0 aliphatic carbocycles. The lowest BCUT2D eigenvalue weighted by molar-refractivity contribution is -0.671. The van der Waals surface area contributed by atoms with Gasteiger partial charge in [0.1, 0.15) is 12.4 Å². The summed E-state index contributed by atoms with van der Waals surface area (Å²) in [6, 6.07) is 10.7. The van der Waals surface area contributed by atoms with Crippen molar-refractivity contribution in [2.75, 3.05) is 0 Å². The first kappa shape index (κ1) is 10.9. The molecule has 0 spiro atoms. The van der Waals surface area contributed by atoms with Gasteiger partial charge >= 0.3 is 0 Å². The van der Waals surface area contributed by atoms with E-state index >= 15 is 0 Å². The molecule has 0 aliphatic rings. The molecule has 0 radical (unpaired) electrons. The van der Waals surface area contributed by atoms with Crippen molar-refractivity contribution in [3.8, 4) is 0 Å². The summed E-state index contributed by atoms with van der Waals surface area (Å²) in [5, 5.41) is 0. The van der Waals surface area contributed by atoms with Gasteiger partial charge in [-0.2, -0.15) is 0 Å². The zero-order valence-electron chi connectivity index (χ0n) is 9.84. The molecule has 1 heterocycles. The second kappa shape index (κ2) is 5.50. The fraction of sp³-hybridized carbons (Fsp3) is 0.357. The van der Waals surface area contributed by atoms with Gasteiger partial charge in [0.15, 0.2) is 0 Å². The lowest BCUT2D eigenvalue weighted by atomic mass is 10.1. The summed E-state index contributed by atoms with van der Waals surface area (Å²) in [7, 11) is 2.06. The lowest BCUT2D eigenvalue weighted by Gasteiger charge is -1.99. The molecule has 0 bridgehead atoms. The predicted molar refractivity (Wildman–Crippen MR) is 65.0 cm³/mol. The number of nitrogens with zero attached hydrogens (tertiary/aromatic N) is 2. The van der Waals surface area contributed by atoms with E-state index in [9.17, 15) is 0 Å². The van der Waals surface area contributed by atoms with E-state index in [1.807, 2.05) is 0 Å². The van der Waals surface area contributed by atoms with Crippen molar-refractivity contribution in [2.24, 2.45) is 7.05 Å². The Bertz CT molecular complexity index is 417. The number of aryl methyl sites for hydroxylation is 3. The highest BCUT2D eigenvalue weighted by molar-refractivity contribution is 5.14. The van der Waals surface area contributed by atoms with Crippen LogP contribution in [0.1, 0.15) is 18.4 Å². The molecule has 1 aromatic carbocycles. The highest BCUT2D eigenvalue weighted by Gasteiger charge is 1.99. The van der Waals surface area contributed by atoms with Crippen molar-refractivity contribution in [3.05, 3.63) is 54.6 Å². The normalized spacial score (nSPS) is 10.6. The van der Waals surface area contributed by atoms with Crippen LogP contribution < -0.4 is 4.57 Å². The Morgan fingerprint density at radius 3 is 2.62 bits per heavy atom. The Balaban J connectivity index is 1.69. The number of hydrogen-bond donors (Lipinski definition) is 0. The predicted octanol–water partition coefficient (Wildman–Crippen LogP) is 2.34. The smallest absolute Gasteiger partial charge is 0.240 e. The van der Waals surface area contributed by atoms with Crippen molar-refractivity contribution in [3.63, 3.8) is 0 Å². The molecule has 0 amide bonds. The van der Waals surface area contributed by atoms with E-state index in [0.29, 0.717) is 0 Å². The molecule has 2 nitrogen and oxygen atoms in total. The third kappa shape index (κ3) is 3.23. The van der Waals surface area contributed by atoms with Crippen molar-refractivity contribution in [2.45, 2.75) is 25.8 Å². The van der Waals surface area contributed by atoms with Crippen molar-refractivity contribution in [1.82, 2.24) is 4.57 Å². The van der Waals surface area contributed by atoms with Gasteiger partial charge in [0.25, 0.3) is 0 Å². The van der Waals surface area contributed by atoms with E-state index in [4.69, 9.17) is 0 Å². The van der Waals surface area contributed by atoms with Crippen LogP contribution in [0.2, 0.25) is 0 Å². The number of imidazole rings is 1. The summed E-state index contributed by atoms with van der Waals surface area (Å²) in [6.45, 7) is 1.12. The molecule has 0 N–H and O–H groups in total. The Labute approximate surface area is 97.2 Å². The van der Waals surface area contributed by atoms with Crippen LogP contribution in [0, 0.1) is 0 Å². The Morgan fingerprint density at radius 1 is 1.12 bits per heavy atom. The molecular formula is C14H19N2+. The molecule has 84 valence electrons. The van der Waals surface area contributed by atoms with Gasteiger partial charge in [0, 0.05) is 0 Å². The zero-order valence-corrected chi connectivity index (χ0v) is 9.84. The molecular weight excluding hydrogens is 196 g/mol. The van der Waals surface area contributed by atoms with Crippen LogP contribution in [0.5, 0.6) is 0 Å². The SMILES string of the molecule is C[n+]1ccn(CCCCc2ccccc2)c1. The van der Waals surface area contributed by atoms with Crippen LogP contribution in [0.15, 0.2) is 49.1 Å². The van der Waals surface area contributed by atoms with Gasteiger partial charge < -0.3 is 0 Å². The minimum absolute atomic E-state index is 1.12. The van der Waals surface area contributed by atoms with Crippen molar-refractivity contribution < 1.29 is 4.57 Å². The zero-order chi connectivity index (χ0) is 11.2. The van der Waals surface area contributed by atoms with E-state index in [1.165, 1.54) is 24.8 Å². The average molecular weight is 215 g/mol. The fourth-order valence-electron chi connectivity index (χ4n) is 1.90. The second-order valence-corrected chi connectivity index (χ2v) is 4.26. The molecule has 0 saturated heterocycles. The van der Waals surface area contributed by atoms with Gasteiger partial charge in [-0.1, -0.05) is 30.3 Å². The Kier molecular flexibility index (Phi) is 3.76. The molecule has 0 atom stereocenters. The molecule has 16 heavy (non-hydrogen) atoms. The summed E-state index contributed by atoms with van der Waals surface area (Å²) >= 11 is 0. The highest BCUT2D eigenvalue weighted by atomic mass is 15.1. The third-order valence-corrected chi connectivity index (χ3v) is 2.80. The van der Waals surface area contributed by atoms with Crippen LogP contribution in [0.4, 0.5) is 0 Å². The number of rotatable bonds is 5. The first-order valence-corrected chi connectivity index (χ1v) is 5.89. The van der Waals surface area contributed by atoms with Gasteiger partial charge in [-0.05, 0) is 24.8 Å². The number of aromatic nitrogens is 2. The number of unbranched alkanes of at least 4 members (excludes halogenated alkanes) is 1. The standard InChI is InChI=1S/C14H19N2/c1-15-11-12-16(13-15)10-6-5-9-14-7-3-2-4-8-14/h2-4,7-8,11-13H,5-6,9-10H2,1H3/q+1. The van der Waals surface area contributed by atoms with Crippen LogP contribution in [-0.2, 0) is 20.0 Å². The van der Waals surface area contributed by atoms with E-state index in [0.717, 1.165) is 6.54 Å². The van der Waals surface area contributed by atoms with Crippen molar-refractivity contribution >= 4 is 0 Å². The van der Waals surface area contributed by atoms with Gasteiger partial charge in [-0.3, -0.25) is 0 Å². The maximum atomic E-state index is 2.24. The average Bonchev–Trinajstić information content (AvgIpc) is 2.72. The number of benzene rings is 1. The molecule has 0 fully saturated rings. The molecule has 1 aromatic heterocycles. The monoisotopic (exact) mass is 215 g/mol. The Morgan fingerprint density at radius 2 is 1.94 bits per heavy atom. The maximum absolute atomic E-state index is 2.24. The second-order valence-electron chi connectivity index (χ2n) is 4.26. The van der Waals surface area contributed by atoms with E-state index < -0.39 is 0 Å². The van der Waals surface area contributed by atoms with E-state index in [-0.39, 0.29) is 0 Å². The molecule has 2 rings (SSSR count). The Hall–Kier alpha value is -1.57. The van der Waals surface area contributed by atoms with Gasteiger partial charge in [0.05, 0.1) is 13.6 Å². The maximum Gasteiger partial charge on any atom is 0.243 e. The van der Waals surface area contributed by atoms with E-state index in [2.05, 4.69) is 65.2 Å². The molecule has 0 unspecified atom stereocenters. The minimum atomic E-state index is 1.12. The van der Waals surface area contributed by atoms with Crippen LogP contribution in [-0.4, -0.2) is 4.57 Å². The first-order valence-electron chi connectivity index (χ1n) is 5.89. The number of hydrogen-bond acceptors (Lipinski definition) is 0. The van der Waals surface area contributed by atoms with E-state index in [1.54, 1.807) is 0 Å².